The minimum atomic E-state index is -0.135. The van der Waals surface area contributed by atoms with Crippen LogP contribution in [0.15, 0.2) is 18.2 Å². The van der Waals surface area contributed by atoms with E-state index < -0.39 is 0 Å². The molecule has 2 nitrogen and oxygen atoms in total. The van der Waals surface area contributed by atoms with E-state index in [2.05, 4.69) is 11.9 Å². The van der Waals surface area contributed by atoms with E-state index in [0.29, 0.717) is 12.2 Å². The number of hydrogen-bond donors (Lipinski definition) is 1. The summed E-state index contributed by atoms with van der Waals surface area (Å²) < 4.78 is 13.1. The van der Waals surface area contributed by atoms with Crippen molar-refractivity contribution >= 4 is 0 Å². The van der Waals surface area contributed by atoms with E-state index in [9.17, 15) is 9.50 Å². The highest BCUT2D eigenvalue weighted by Crippen LogP contribution is 2.45. The van der Waals surface area contributed by atoms with Crippen molar-refractivity contribution in [3.8, 4) is 0 Å². The molecule has 0 spiro atoms. The van der Waals surface area contributed by atoms with Gasteiger partial charge in [0.25, 0.3) is 0 Å². The van der Waals surface area contributed by atoms with Crippen LogP contribution in [0.1, 0.15) is 24.0 Å². The third kappa shape index (κ3) is 3.30. The van der Waals surface area contributed by atoms with Crippen molar-refractivity contribution in [1.29, 1.82) is 0 Å². The molecule has 0 aliphatic heterocycles. The summed E-state index contributed by atoms with van der Waals surface area (Å²) in [5, 5.41) is 9.29. The molecular weight excluding hydrogens is 229 g/mol. The molecule has 1 N–H and O–H groups in total. The molecule has 0 aromatic heterocycles. The number of nitrogens with zero attached hydrogens (tertiary/aromatic N) is 1. The molecule has 0 unspecified atom stereocenters. The quantitative estimate of drug-likeness (QED) is 0.839. The summed E-state index contributed by atoms with van der Waals surface area (Å²) in [4.78, 5) is 2.27. The minimum absolute atomic E-state index is 0.135. The van der Waals surface area contributed by atoms with E-state index in [1.807, 2.05) is 12.1 Å². The summed E-state index contributed by atoms with van der Waals surface area (Å²) in [6, 6.07) is 5.32. The van der Waals surface area contributed by atoms with E-state index in [-0.39, 0.29) is 11.2 Å². The van der Waals surface area contributed by atoms with Crippen LogP contribution in [0.5, 0.6) is 0 Å². The Labute approximate surface area is 108 Å². The number of halogens is 1. The summed E-state index contributed by atoms with van der Waals surface area (Å²) in [6.07, 6.45) is 3.21. The third-order valence-electron chi connectivity index (χ3n) is 3.90. The SMILES string of the molecule is Cc1cc(CCN(C)CC2(CO)CC2)ccc1F. The van der Waals surface area contributed by atoms with Crippen molar-refractivity contribution < 1.29 is 9.50 Å². The Kier molecular flexibility index (Phi) is 4.03. The Hall–Kier alpha value is -0.930. The van der Waals surface area contributed by atoms with Crippen molar-refractivity contribution in [2.45, 2.75) is 26.2 Å². The first-order chi connectivity index (χ1) is 8.54. The van der Waals surface area contributed by atoms with E-state index in [1.54, 1.807) is 13.0 Å². The molecule has 1 aliphatic rings. The molecule has 1 saturated carbocycles. The topological polar surface area (TPSA) is 23.5 Å². The van der Waals surface area contributed by atoms with Crippen molar-refractivity contribution in [1.82, 2.24) is 4.90 Å². The Bertz CT molecular complexity index is 415. The second-order valence-corrected chi connectivity index (χ2v) is 5.73. The molecule has 1 aromatic rings. The fraction of sp³-hybridized carbons (Fsp3) is 0.600. The van der Waals surface area contributed by atoms with E-state index >= 15 is 0 Å². The first-order valence-electron chi connectivity index (χ1n) is 6.59. The van der Waals surface area contributed by atoms with E-state index in [1.165, 1.54) is 5.56 Å². The summed E-state index contributed by atoms with van der Waals surface area (Å²) in [6.45, 7) is 4.01. The number of likely N-dealkylation sites (N-methyl/N-ethyl adjacent to an activating group) is 1. The molecule has 1 aromatic carbocycles. The number of aliphatic hydroxyl groups excluding tert-OH is 1. The molecular formula is C15H22FNO. The lowest BCUT2D eigenvalue weighted by Gasteiger charge is -2.22. The number of hydrogen-bond acceptors (Lipinski definition) is 2. The number of aryl methyl sites for hydroxylation is 1. The first-order valence-corrected chi connectivity index (χ1v) is 6.59. The average Bonchev–Trinajstić information content (AvgIpc) is 3.11. The van der Waals surface area contributed by atoms with Gasteiger partial charge in [-0.2, -0.15) is 0 Å². The van der Waals surface area contributed by atoms with Gasteiger partial charge in [0.15, 0.2) is 0 Å². The van der Waals surface area contributed by atoms with Gasteiger partial charge in [0.1, 0.15) is 5.82 Å². The Balaban J connectivity index is 1.81. The van der Waals surface area contributed by atoms with Gasteiger partial charge in [-0.1, -0.05) is 12.1 Å². The summed E-state index contributed by atoms with van der Waals surface area (Å²) >= 11 is 0. The molecule has 18 heavy (non-hydrogen) atoms. The Morgan fingerprint density at radius 3 is 2.67 bits per heavy atom. The normalized spacial score (nSPS) is 17.2. The first kappa shape index (κ1) is 13.5. The molecule has 0 amide bonds. The lowest BCUT2D eigenvalue weighted by atomic mass is 10.1. The summed E-state index contributed by atoms with van der Waals surface area (Å²) in [5.41, 5.74) is 2.06. The van der Waals surface area contributed by atoms with Crippen LogP contribution < -0.4 is 0 Å². The number of rotatable bonds is 6. The molecule has 2 rings (SSSR count). The van der Waals surface area contributed by atoms with Gasteiger partial charge in [0, 0.05) is 25.1 Å². The predicted molar refractivity (Wildman–Crippen MR) is 71.1 cm³/mol. The number of benzene rings is 1. The van der Waals surface area contributed by atoms with Crippen molar-refractivity contribution in [3.63, 3.8) is 0 Å². The van der Waals surface area contributed by atoms with Gasteiger partial charge >= 0.3 is 0 Å². The third-order valence-corrected chi connectivity index (χ3v) is 3.90. The van der Waals surface area contributed by atoms with Crippen LogP contribution in [0.4, 0.5) is 4.39 Å². The molecule has 100 valence electrons. The molecule has 1 fully saturated rings. The van der Waals surface area contributed by atoms with Gasteiger partial charge in [-0.05, 0) is 50.4 Å². The van der Waals surface area contributed by atoms with Gasteiger partial charge in [-0.15, -0.1) is 0 Å². The Morgan fingerprint density at radius 2 is 2.11 bits per heavy atom. The van der Waals surface area contributed by atoms with Crippen LogP contribution in [0, 0.1) is 18.2 Å². The minimum Gasteiger partial charge on any atom is -0.396 e. The maximum Gasteiger partial charge on any atom is 0.126 e. The fourth-order valence-corrected chi connectivity index (χ4v) is 2.38. The van der Waals surface area contributed by atoms with Gasteiger partial charge < -0.3 is 10.0 Å². The van der Waals surface area contributed by atoms with Crippen LogP contribution >= 0.6 is 0 Å². The smallest absolute Gasteiger partial charge is 0.126 e. The monoisotopic (exact) mass is 251 g/mol. The zero-order chi connectivity index (χ0) is 13.2. The van der Waals surface area contributed by atoms with Gasteiger partial charge in [0.05, 0.1) is 0 Å². The standard InChI is InChI=1S/C15H22FNO/c1-12-9-13(3-4-14(12)16)5-8-17(2)10-15(11-18)6-7-15/h3-4,9,18H,5-8,10-11H2,1-2H3. The molecule has 0 heterocycles. The highest BCUT2D eigenvalue weighted by Gasteiger charge is 2.42. The van der Waals surface area contributed by atoms with Crippen LogP contribution in [0.3, 0.4) is 0 Å². The highest BCUT2D eigenvalue weighted by atomic mass is 19.1. The average molecular weight is 251 g/mol. The number of aliphatic hydroxyl groups is 1. The molecule has 0 atom stereocenters. The van der Waals surface area contributed by atoms with Crippen molar-refractivity contribution in [2.75, 3.05) is 26.7 Å². The molecule has 3 heteroatoms. The largest absolute Gasteiger partial charge is 0.396 e. The zero-order valence-electron chi connectivity index (χ0n) is 11.2. The second kappa shape index (κ2) is 5.37. The van der Waals surface area contributed by atoms with Crippen molar-refractivity contribution in [3.05, 3.63) is 35.1 Å². The van der Waals surface area contributed by atoms with Crippen molar-refractivity contribution in [2.24, 2.45) is 5.41 Å². The lowest BCUT2D eigenvalue weighted by molar-refractivity contribution is 0.165. The molecule has 0 bridgehead atoms. The molecule has 0 saturated heterocycles. The van der Waals surface area contributed by atoms with Gasteiger partial charge in [-0.25, -0.2) is 4.39 Å². The predicted octanol–water partition coefficient (Wildman–Crippen LogP) is 2.38. The Morgan fingerprint density at radius 1 is 1.39 bits per heavy atom. The van der Waals surface area contributed by atoms with E-state index in [4.69, 9.17) is 0 Å². The van der Waals surface area contributed by atoms with Crippen LogP contribution in [0.2, 0.25) is 0 Å². The van der Waals surface area contributed by atoms with Crippen LogP contribution in [0.25, 0.3) is 0 Å². The second-order valence-electron chi connectivity index (χ2n) is 5.73. The highest BCUT2D eigenvalue weighted by molar-refractivity contribution is 5.24. The summed E-state index contributed by atoms with van der Waals surface area (Å²) in [5.74, 6) is -0.135. The maximum absolute atomic E-state index is 13.1. The lowest BCUT2D eigenvalue weighted by Crippen LogP contribution is -2.30. The molecule has 0 radical (unpaired) electrons. The van der Waals surface area contributed by atoms with Crippen LogP contribution in [-0.4, -0.2) is 36.8 Å². The zero-order valence-corrected chi connectivity index (χ0v) is 11.2. The summed E-state index contributed by atoms with van der Waals surface area (Å²) in [7, 11) is 2.09. The van der Waals surface area contributed by atoms with Crippen LogP contribution in [-0.2, 0) is 6.42 Å². The van der Waals surface area contributed by atoms with E-state index in [0.717, 1.165) is 32.4 Å². The fourth-order valence-electron chi connectivity index (χ4n) is 2.38. The van der Waals surface area contributed by atoms with Gasteiger partial charge in [0.2, 0.25) is 0 Å². The maximum atomic E-state index is 13.1. The molecule has 1 aliphatic carbocycles. The van der Waals surface area contributed by atoms with Gasteiger partial charge in [-0.3, -0.25) is 0 Å².